The summed E-state index contributed by atoms with van der Waals surface area (Å²) in [6, 6.07) is -4.44. The van der Waals surface area contributed by atoms with Gasteiger partial charge in [0.15, 0.2) is 0 Å². The van der Waals surface area contributed by atoms with Gasteiger partial charge in [0.05, 0.1) is 30.9 Å². The molecule has 1 aliphatic carbocycles. The van der Waals surface area contributed by atoms with E-state index in [-0.39, 0.29) is 57.1 Å². The first-order chi connectivity index (χ1) is 26.5. The van der Waals surface area contributed by atoms with Crippen LogP contribution in [0.15, 0.2) is 0 Å². The van der Waals surface area contributed by atoms with Crippen LogP contribution in [0.2, 0.25) is 0 Å². The van der Waals surface area contributed by atoms with Crippen molar-refractivity contribution in [3.63, 3.8) is 0 Å². The molecule has 5 atom stereocenters. The molecule has 0 aromatic carbocycles. The molecule has 17 heteroatoms. The fraction of sp³-hybridized carbons (Fsp3) is 0.800. The third-order valence-corrected chi connectivity index (χ3v) is 9.39. The lowest BCUT2D eigenvalue weighted by atomic mass is 9.83. The summed E-state index contributed by atoms with van der Waals surface area (Å²) in [5, 5.41) is 10.1. The number of Topliss-reactive ketones (excluding diaryl/α,β-unsaturated/α-hetero) is 1. The Kier molecular flexibility index (Phi) is 19.4. The summed E-state index contributed by atoms with van der Waals surface area (Å²) in [5.41, 5.74) is 4.16. The van der Waals surface area contributed by atoms with Gasteiger partial charge in [-0.25, -0.2) is 4.79 Å². The summed E-state index contributed by atoms with van der Waals surface area (Å²) in [6.07, 6.45) is 3.81. The largest absolute Gasteiger partial charge is 0.460 e. The average Bonchev–Trinajstić information content (AvgIpc) is 3.52. The third-order valence-electron chi connectivity index (χ3n) is 9.39. The number of likely N-dealkylation sites (tertiary alicyclic amines) is 1. The molecule has 0 aromatic heterocycles. The minimum absolute atomic E-state index is 0.00515. The first kappa shape index (κ1) is 48.9. The van der Waals surface area contributed by atoms with E-state index in [1.807, 2.05) is 34.6 Å². The fourth-order valence-electron chi connectivity index (χ4n) is 6.92. The van der Waals surface area contributed by atoms with Crippen molar-refractivity contribution in [1.29, 1.82) is 0 Å². The number of carbonyl (C=O) groups is 8. The quantitative estimate of drug-likeness (QED) is 0.0885. The van der Waals surface area contributed by atoms with Gasteiger partial charge in [0.25, 0.3) is 5.91 Å². The van der Waals surface area contributed by atoms with Gasteiger partial charge in [-0.1, -0.05) is 46.5 Å². The number of primary amides is 1. The standard InChI is InChI=1S/C40H68N6O11/c1-10-15-27(33(49)36(52)42-21-30(47)43-28(34(41)50)18-14-19-31(48)57-40(7,8)9)44-35(51)29-20-26(56-39(4,5)6)22-46(29)37(53)32(25-16-12-11-13-17-25)45-38(54)55-23-24(2)3/h24-29,32H,10-23H2,1-9H3,(H2,41,50)(H,42,52)(H,43,47)(H,44,51)(H,45,54)/t26-,27?,28+,29+,32+/m1/s1. The Hall–Kier alpha value is -4.28. The lowest BCUT2D eigenvalue weighted by molar-refractivity contribution is -0.155. The normalized spacial score (nSPS) is 19.2. The zero-order valence-corrected chi connectivity index (χ0v) is 35.5. The Bertz CT molecular complexity index is 1420. The van der Waals surface area contributed by atoms with E-state index in [0.29, 0.717) is 19.3 Å². The number of amides is 6. The number of ether oxygens (including phenoxy) is 3. The number of ketones is 1. The lowest BCUT2D eigenvalue weighted by Crippen LogP contribution is -2.58. The number of esters is 1. The Morgan fingerprint density at radius 1 is 0.842 bits per heavy atom. The van der Waals surface area contributed by atoms with Gasteiger partial charge in [0.2, 0.25) is 29.4 Å². The number of nitrogens with two attached hydrogens (primary N) is 1. The van der Waals surface area contributed by atoms with E-state index >= 15 is 0 Å². The van der Waals surface area contributed by atoms with Gasteiger partial charge in [-0.2, -0.15) is 0 Å². The number of hydrogen-bond acceptors (Lipinski definition) is 11. The van der Waals surface area contributed by atoms with Crippen LogP contribution in [0.5, 0.6) is 0 Å². The molecule has 57 heavy (non-hydrogen) atoms. The summed E-state index contributed by atoms with van der Waals surface area (Å²) >= 11 is 0. The van der Waals surface area contributed by atoms with E-state index in [4.69, 9.17) is 19.9 Å². The molecule has 1 aliphatic heterocycles. The lowest BCUT2D eigenvalue weighted by Gasteiger charge is -2.34. The van der Waals surface area contributed by atoms with Crippen LogP contribution in [-0.2, 0) is 47.8 Å². The molecule has 0 aromatic rings. The summed E-state index contributed by atoms with van der Waals surface area (Å²) in [4.78, 5) is 106. The molecule has 17 nitrogen and oxygen atoms in total. The molecule has 6 N–H and O–H groups in total. The van der Waals surface area contributed by atoms with Crippen LogP contribution >= 0.6 is 0 Å². The summed E-state index contributed by atoms with van der Waals surface area (Å²) < 4.78 is 16.8. The second-order valence-electron chi connectivity index (χ2n) is 17.5. The maximum atomic E-state index is 14.4. The van der Waals surface area contributed by atoms with E-state index in [9.17, 15) is 38.4 Å². The van der Waals surface area contributed by atoms with Crippen molar-refractivity contribution >= 4 is 47.4 Å². The Labute approximate surface area is 337 Å². The predicted molar refractivity (Wildman–Crippen MR) is 210 cm³/mol. The van der Waals surface area contributed by atoms with E-state index in [2.05, 4.69) is 21.3 Å². The van der Waals surface area contributed by atoms with Gasteiger partial charge >= 0.3 is 12.1 Å². The van der Waals surface area contributed by atoms with Gasteiger partial charge in [0, 0.05) is 19.4 Å². The fourth-order valence-corrected chi connectivity index (χ4v) is 6.92. The monoisotopic (exact) mass is 808 g/mol. The number of carbonyl (C=O) groups excluding carboxylic acids is 8. The second-order valence-corrected chi connectivity index (χ2v) is 17.5. The number of hydrogen-bond donors (Lipinski definition) is 5. The maximum Gasteiger partial charge on any atom is 0.407 e. The highest BCUT2D eigenvalue weighted by atomic mass is 16.6. The van der Waals surface area contributed by atoms with Crippen molar-refractivity contribution in [3.8, 4) is 0 Å². The maximum absolute atomic E-state index is 14.4. The molecule has 2 fully saturated rings. The molecule has 0 radical (unpaired) electrons. The molecule has 6 amide bonds. The van der Waals surface area contributed by atoms with Crippen LogP contribution in [-0.4, -0.2) is 113 Å². The average molecular weight is 809 g/mol. The molecule has 1 unspecified atom stereocenters. The van der Waals surface area contributed by atoms with Crippen molar-refractivity contribution in [2.45, 2.75) is 174 Å². The molecule has 324 valence electrons. The highest BCUT2D eigenvalue weighted by molar-refractivity contribution is 6.38. The topological polar surface area (TPSA) is 242 Å². The summed E-state index contributed by atoms with van der Waals surface area (Å²) in [7, 11) is 0. The minimum Gasteiger partial charge on any atom is -0.460 e. The van der Waals surface area contributed by atoms with Crippen molar-refractivity contribution < 1.29 is 52.6 Å². The molecule has 1 heterocycles. The van der Waals surface area contributed by atoms with E-state index < -0.39 is 95.4 Å². The third kappa shape index (κ3) is 17.8. The highest BCUT2D eigenvalue weighted by Gasteiger charge is 2.46. The molecule has 1 saturated heterocycles. The van der Waals surface area contributed by atoms with Gasteiger partial charge in [0.1, 0.15) is 23.7 Å². The van der Waals surface area contributed by atoms with Crippen molar-refractivity contribution in [1.82, 2.24) is 26.2 Å². The van der Waals surface area contributed by atoms with Crippen molar-refractivity contribution in [2.24, 2.45) is 17.6 Å². The molecule has 0 spiro atoms. The molecular formula is C40H68N6O11. The van der Waals surface area contributed by atoms with Gasteiger partial charge < -0.3 is 46.1 Å². The number of nitrogens with zero attached hydrogens (tertiary/aromatic N) is 1. The first-order valence-electron chi connectivity index (χ1n) is 20.4. The molecule has 0 bridgehead atoms. The Morgan fingerprint density at radius 2 is 1.49 bits per heavy atom. The second kappa shape index (κ2) is 22.6. The minimum atomic E-state index is -1.28. The van der Waals surface area contributed by atoms with E-state index in [0.717, 1.165) is 19.3 Å². The smallest absolute Gasteiger partial charge is 0.407 e. The number of nitrogens with one attached hydrogen (secondary N) is 4. The summed E-state index contributed by atoms with van der Waals surface area (Å²) in [5.74, 6) is -5.46. The number of rotatable bonds is 20. The van der Waals surface area contributed by atoms with Crippen LogP contribution in [0.1, 0.15) is 133 Å². The van der Waals surface area contributed by atoms with Crippen LogP contribution in [0.3, 0.4) is 0 Å². The van der Waals surface area contributed by atoms with Crippen LogP contribution in [0, 0.1) is 11.8 Å². The number of alkyl carbamates (subject to hydrolysis) is 1. The molecular weight excluding hydrogens is 740 g/mol. The van der Waals surface area contributed by atoms with Crippen LogP contribution in [0.25, 0.3) is 0 Å². The first-order valence-corrected chi connectivity index (χ1v) is 20.4. The van der Waals surface area contributed by atoms with Crippen LogP contribution < -0.4 is 27.0 Å². The Balaban J connectivity index is 2.16. The van der Waals surface area contributed by atoms with Gasteiger partial charge in [-0.3, -0.25) is 33.6 Å². The van der Waals surface area contributed by atoms with Gasteiger partial charge in [-0.05, 0) is 85.5 Å². The Morgan fingerprint density at radius 3 is 2.05 bits per heavy atom. The molecule has 1 saturated carbocycles. The molecule has 2 rings (SSSR count). The predicted octanol–water partition coefficient (Wildman–Crippen LogP) is 2.55. The summed E-state index contributed by atoms with van der Waals surface area (Å²) in [6.45, 7) is 15.9. The van der Waals surface area contributed by atoms with E-state index in [1.54, 1.807) is 27.7 Å². The van der Waals surface area contributed by atoms with Crippen molar-refractivity contribution in [2.75, 3.05) is 19.7 Å². The highest BCUT2D eigenvalue weighted by Crippen LogP contribution is 2.31. The molecule has 2 aliphatic rings. The zero-order valence-electron chi connectivity index (χ0n) is 35.5. The zero-order chi connectivity index (χ0) is 43.1. The van der Waals surface area contributed by atoms with Crippen molar-refractivity contribution in [3.05, 3.63) is 0 Å². The van der Waals surface area contributed by atoms with Gasteiger partial charge in [-0.15, -0.1) is 0 Å². The van der Waals surface area contributed by atoms with E-state index in [1.165, 1.54) is 4.90 Å². The SMILES string of the molecule is CCCC(NC(=O)[C@@H]1C[C@@H](OC(C)(C)C)CN1C(=O)[C@@H](NC(=O)OCC(C)C)C1CCCCC1)C(=O)C(=O)NCC(=O)N[C@@H](CCCC(=O)OC(C)(C)C)C(N)=O. The van der Waals surface area contributed by atoms with Crippen LogP contribution in [0.4, 0.5) is 4.79 Å².